The fourth-order valence-corrected chi connectivity index (χ4v) is 2.60. The van der Waals surface area contributed by atoms with Gasteiger partial charge in [-0.3, -0.25) is 25.8 Å². The van der Waals surface area contributed by atoms with Crippen LogP contribution in [0.3, 0.4) is 0 Å². The van der Waals surface area contributed by atoms with Crippen LogP contribution in [-0.2, 0) is 16.0 Å². The Bertz CT molecular complexity index is 859. The minimum Gasteiger partial charge on any atom is -0.497 e. The van der Waals surface area contributed by atoms with E-state index in [2.05, 4.69) is 16.2 Å². The van der Waals surface area contributed by atoms with Gasteiger partial charge in [0.1, 0.15) is 11.5 Å². The van der Waals surface area contributed by atoms with Gasteiger partial charge in [-0.2, -0.15) is 0 Å². The maximum atomic E-state index is 11.9. The number of halogens is 1. The van der Waals surface area contributed by atoms with Gasteiger partial charge in [0.2, 0.25) is 5.91 Å². The highest BCUT2D eigenvalue weighted by molar-refractivity contribution is 7.80. The number of nitrogens with one attached hydrogen (secondary N) is 3. The molecule has 2 rings (SSSR count). The molecule has 0 unspecified atom stereocenters. The van der Waals surface area contributed by atoms with Crippen LogP contribution in [0.25, 0.3) is 0 Å². The van der Waals surface area contributed by atoms with E-state index < -0.39 is 5.91 Å². The zero-order valence-corrected chi connectivity index (χ0v) is 16.9. The number of methoxy groups -OCH3 is 1. The van der Waals surface area contributed by atoms with Crippen LogP contribution in [0.5, 0.6) is 11.5 Å². The molecule has 2 aromatic carbocycles. The van der Waals surface area contributed by atoms with Crippen molar-refractivity contribution in [1.82, 2.24) is 16.2 Å². The second-order valence-electron chi connectivity index (χ2n) is 5.77. The second-order valence-corrected chi connectivity index (χ2v) is 6.62. The summed E-state index contributed by atoms with van der Waals surface area (Å²) in [6, 6.07) is 12.2. The summed E-state index contributed by atoms with van der Waals surface area (Å²) in [4.78, 5) is 23.8. The number of carbonyl (C=O) groups is 2. The van der Waals surface area contributed by atoms with Gasteiger partial charge in [-0.1, -0.05) is 23.7 Å². The van der Waals surface area contributed by atoms with Crippen LogP contribution in [0.2, 0.25) is 5.02 Å². The lowest BCUT2D eigenvalue weighted by molar-refractivity contribution is -0.122. The first-order valence-electron chi connectivity index (χ1n) is 8.28. The molecule has 0 radical (unpaired) electrons. The van der Waals surface area contributed by atoms with Gasteiger partial charge in [-0.15, -0.1) is 0 Å². The molecule has 0 aromatic heterocycles. The van der Waals surface area contributed by atoms with Crippen molar-refractivity contribution < 1.29 is 19.1 Å². The van der Waals surface area contributed by atoms with Gasteiger partial charge < -0.3 is 9.47 Å². The number of rotatable bonds is 6. The Morgan fingerprint density at radius 1 is 1.07 bits per heavy atom. The number of hydrazine groups is 1. The number of ether oxygens (including phenoxy) is 2. The predicted octanol–water partition coefficient (Wildman–Crippen LogP) is 2.30. The Labute approximate surface area is 173 Å². The van der Waals surface area contributed by atoms with Crippen molar-refractivity contribution >= 4 is 40.7 Å². The molecular weight excluding hydrogens is 402 g/mol. The number of thiocarbonyl (C=S) groups is 1. The topological polar surface area (TPSA) is 88.7 Å². The van der Waals surface area contributed by atoms with E-state index in [4.69, 9.17) is 33.3 Å². The summed E-state index contributed by atoms with van der Waals surface area (Å²) in [6.45, 7) is 1.59. The smallest absolute Gasteiger partial charge is 0.264 e. The summed E-state index contributed by atoms with van der Waals surface area (Å²) < 4.78 is 10.5. The van der Waals surface area contributed by atoms with E-state index in [1.807, 2.05) is 6.92 Å². The molecule has 0 fully saturated rings. The third-order valence-electron chi connectivity index (χ3n) is 3.59. The van der Waals surface area contributed by atoms with Crippen molar-refractivity contribution in [2.45, 2.75) is 13.3 Å². The fraction of sp³-hybridized carbons (Fsp3) is 0.211. The number of hydrogen-bond acceptors (Lipinski definition) is 5. The molecule has 0 saturated heterocycles. The van der Waals surface area contributed by atoms with Crippen LogP contribution in [0, 0.1) is 6.92 Å². The third-order valence-corrected chi connectivity index (χ3v) is 4.03. The highest BCUT2D eigenvalue weighted by atomic mass is 35.5. The van der Waals surface area contributed by atoms with E-state index in [0.29, 0.717) is 16.5 Å². The SMILES string of the molecule is COc1ccc(CC(=O)NNC(=S)NC(=O)COc2ccc(Cl)cc2C)cc1. The van der Waals surface area contributed by atoms with E-state index in [9.17, 15) is 9.59 Å². The quantitative estimate of drug-likeness (QED) is 0.490. The maximum absolute atomic E-state index is 11.9. The Morgan fingerprint density at radius 3 is 2.43 bits per heavy atom. The van der Waals surface area contributed by atoms with Crippen molar-refractivity contribution in [2.24, 2.45) is 0 Å². The molecule has 0 aliphatic rings. The van der Waals surface area contributed by atoms with Crippen molar-refractivity contribution in [3.8, 4) is 11.5 Å². The molecule has 0 aliphatic carbocycles. The van der Waals surface area contributed by atoms with Crippen molar-refractivity contribution in [3.05, 3.63) is 58.6 Å². The molecule has 148 valence electrons. The van der Waals surface area contributed by atoms with Crippen LogP contribution < -0.4 is 25.6 Å². The molecule has 0 spiro atoms. The zero-order chi connectivity index (χ0) is 20.5. The first kappa shape index (κ1) is 21.5. The van der Waals surface area contributed by atoms with Crippen LogP contribution in [0.1, 0.15) is 11.1 Å². The van der Waals surface area contributed by atoms with E-state index in [1.165, 1.54) is 0 Å². The van der Waals surface area contributed by atoms with Crippen LogP contribution in [-0.4, -0.2) is 30.6 Å². The van der Waals surface area contributed by atoms with E-state index >= 15 is 0 Å². The summed E-state index contributed by atoms with van der Waals surface area (Å²) in [7, 11) is 1.57. The molecule has 0 saturated carbocycles. The van der Waals surface area contributed by atoms with Gasteiger partial charge in [0.25, 0.3) is 5.91 Å². The monoisotopic (exact) mass is 421 g/mol. The molecule has 7 nitrogen and oxygen atoms in total. The van der Waals surface area contributed by atoms with Crippen LogP contribution >= 0.6 is 23.8 Å². The molecule has 3 N–H and O–H groups in total. The first-order chi connectivity index (χ1) is 13.4. The van der Waals surface area contributed by atoms with Crippen molar-refractivity contribution in [2.75, 3.05) is 13.7 Å². The summed E-state index contributed by atoms with van der Waals surface area (Å²) in [5, 5.41) is 2.96. The number of hydrogen-bond donors (Lipinski definition) is 3. The summed E-state index contributed by atoms with van der Waals surface area (Å²) in [5.41, 5.74) is 6.52. The van der Waals surface area contributed by atoms with Crippen molar-refractivity contribution in [1.29, 1.82) is 0 Å². The van der Waals surface area contributed by atoms with Gasteiger partial charge in [0.15, 0.2) is 11.7 Å². The highest BCUT2D eigenvalue weighted by Gasteiger charge is 2.09. The molecule has 0 bridgehead atoms. The summed E-state index contributed by atoms with van der Waals surface area (Å²) in [5.74, 6) is 0.486. The first-order valence-corrected chi connectivity index (χ1v) is 9.06. The molecule has 0 atom stereocenters. The lowest BCUT2D eigenvalue weighted by atomic mass is 10.1. The average molecular weight is 422 g/mol. The van der Waals surface area contributed by atoms with Crippen LogP contribution in [0.4, 0.5) is 0 Å². The average Bonchev–Trinajstić information content (AvgIpc) is 2.66. The molecule has 0 heterocycles. The van der Waals surface area contributed by atoms with E-state index in [-0.39, 0.29) is 24.0 Å². The normalized spacial score (nSPS) is 9.96. The lowest BCUT2D eigenvalue weighted by Crippen LogP contribution is -2.49. The Balaban J connectivity index is 1.70. The minimum atomic E-state index is -0.462. The minimum absolute atomic E-state index is 0.0375. The summed E-state index contributed by atoms with van der Waals surface area (Å²) in [6.07, 6.45) is 0.145. The maximum Gasteiger partial charge on any atom is 0.264 e. The molecule has 0 aliphatic heterocycles. The standard InChI is InChI=1S/C19H20ClN3O4S/c1-12-9-14(20)5-8-16(12)27-11-18(25)21-19(28)23-22-17(24)10-13-3-6-15(26-2)7-4-13/h3-9H,10-11H2,1-2H3,(H,22,24)(H2,21,23,25,28). The Morgan fingerprint density at radius 2 is 1.79 bits per heavy atom. The highest BCUT2D eigenvalue weighted by Crippen LogP contribution is 2.21. The van der Waals surface area contributed by atoms with Gasteiger partial charge in [-0.05, 0) is 60.6 Å². The Kier molecular flexibility index (Phi) is 8.03. The summed E-state index contributed by atoms with van der Waals surface area (Å²) >= 11 is 10.8. The zero-order valence-electron chi connectivity index (χ0n) is 15.4. The largest absolute Gasteiger partial charge is 0.497 e. The third kappa shape index (κ3) is 7.05. The fourth-order valence-electron chi connectivity index (χ4n) is 2.21. The Hall–Kier alpha value is -2.84. The van der Waals surface area contributed by atoms with E-state index in [0.717, 1.165) is 11.1 Å². The molecule has 9 heteroatoms. The van der Waals surface area contributed by atoms with E-state index in [1.54, 1.807) is 49.6 Å². The van der Waals surface area contributed by atoms with Crippen molar-refractivity contribution in [3.63, 3.8) is 0 Å². The molecular formula is C19H20ClN3O4S. The lowest BCUT2D eigenvalue weighted by Gasteiger charge is -2.12. The molecule has 28 heavy (non-hydrogen) atoms. The van der Waals surface area contributed by atoms with Gasteiger partial charge in [-0.25, -0.2) is 0 Å². The van der Waals surface area contributed by atoms with Gasteiger partial charge in [0, 0.05) is 5.02 Å². The number of amides is 2. The second kappa shape index (κ2) is 10.5. The predicted molar refractivity (Wildman–Crippen MR) is 110 cm³/mol. The number of aryl methyl sites for hydroxylation is 1. The molecule has 2 amide bonds. The molecule has 2 aromatic rings. The number of benzene rings is 2. The van der Waals surface area contributed by atoms with Crippen LogP contribution in [0.15, 0.2) is 42.5 Å². The number of carbonyl (C=O) groups excluding carboxylic acids is 2. The van der Waals surface area contributed by atoms with Gasteiger partial charge in [0.05, 0.1) is 13.5 Å². The van der Waals surface area contributed by atoms with Gasteiger partial charge >= 0.3 is 0 Å².